The van der Waals surface area contributed by atoms with Crippen molar-refractivity contribution >= 4 is 20.9 Å². The van der Waals surface area contributed by atoms with Crippen molar-refractivity contribution in [1.29, 1.82) is 0 Å². The molecule has 0 saturated carbocycles. The van der Waals surface area contributed by atoms with Crippen molar-refractivity contribution in [3.63, 3.8) is 0 Å². The number of ether oxygens (including phenoxy) is 1. The molecule has 1 rings (SSSR count). The predicted octanol–water partition coefficient (Wildman–Crippen LogP) is 1.43. The maximum absolute atomic E-state index is 11.9. The van der Waals surface area contributed by atoms with Crippen LogP contribution in [0.4, 0.5) is 0 Å². The first-order valence-corrected chi connectivity index (χ1v) is 9.42. The highest BCUT2D eigenvalue weighted by Gasteiger charge is 2.58. The summed E-state index contributed by atoms with van der Waals surface area (Å²) in [6, 6.07) is 0. The highest BCUT2D eigenvalue weighted by Crippen LogP contribution is 2.44. The van der Waals surface area contributed by atoms with Crippen LogP contribution in [-0.4, -0.2) is 32.7 Å². The number of amides is 1. The lowest BCUT2D eigenvalue weighted by Crippen LogP contribution is -2.71. The van der Waals surface area contributed by atoms with E-state index in [1.807, 2.05) is 27.7 Å². The summed E-state index contributed by atoms with van der Waals surface area (Å²) < 4.78 is 11.3. The molecule has 1 heterocycles. The van der Waals surface area contributed by atoms with E-state index in [4.69, 9.17) is 9.16 Å². The number of nitrogens with one attached hydrogen (secondary N) is 1. The standard InChI is InChI=1S/C13H25NO4Si/c1-8(15)17-11-9(10(16)14-11)13(5,12(2,3)4)18-19(6)7/h9,11,19H,1-7H3,(H,14,16). The Kier molecular flexibility index (Phi) is 4.46. The lowest BCUT2D eigenvalue weighted by atomic mass is 9.67. The van der Waals surface area contributed by atoms with Gasteiger partial charge in [-0.1, -0.05) is 20.8 Å². The van der Waals surface area contributed by atoms with Crippen molar-refractivity contribution < 1.29 is 18.8 Å². The monoisotopic (exact) mass is 287 g/mol. The van der Waals surface area contributed by atoms with Gasteiger partial charge in [0.25, 0.3) is 0 Å². The molecule has 3 unspecified atom stereocenters. The summed E-state index contributed by atoms with van der Waals surface area (Å²) in [5.74, 6) is -0.960. The molecule has 1 aliphatic rings. The second kappa shape index (κ2) is 5.24. The second-order valence-corrected chi connectivity index (χ2v) is 8.87. The van der Waals surface area contributed by atoms with Gasteiger partial charge in [0.15, 0.2) is 15.3 Å². The zero-order chi connectivity index (χ0) is 15.0. The lowest BCUT2D eigenvalue weighted by molar-refractivity contribution is -0.193. The molecular formula is C13H25NO4Si. The van der Waals surface area contributed by atoms with Gasteiger partial charge in [-0.2, -0.15) is 0 Å². The number of esters is 1. The minimum atomic E-state index is -1.34. The average molecular weight is 287 g/mol. The van der Waals surface area contributed by atoms with Gasteiger partial charge in [0.2, 0.25) is 5.91 Å². The molecular weight excluding hydrogens is 262 g/mol. The van der Waals surface area contributed by atoms with Crippen LogP contribution < -0.4 is 5.32 Å². The summed E-state index contributed by atoms with van der Waals surface area (Å²) in [6.07, 6.45) is -0.582. The molecule has 1 fully saturated rings. The van der Waals surface area contributed by atoms with Crippen LogP contribution in [0, 0.1) is 11.3 Å². The van der Waals surface area contributed by atoms with Crippen molar-refractivity contribution in [3.05, 3.63) is 0 Å². The first kappa shape index (κ1) is 16.2. The molecule has 0 radical (unpaired) electrons. The van der Waals surface area contributed by atoms with E-state index in [9.17, 15) is 9.59 Å². The van der Waals surface area contributed by atoms with Crippen molar-refractivity contribution in [1.82, 2.24) is 5.32 Å². The zero-order valence-electron chi connectivity index (χ0n) is 12.9. The second-order valence-electron chi connectivity index (χ2n) is 6.54. The molecule has 1 saturated heterocycles. The van der Waals surface area contributed by atoms with E-state index < -0.39 is 32.8 Å². The Balaban J connectivity index is 3.03. The molecule has 5 nitrogen and oxygen atoms in total. The molecule has 0 aromatic rings. The zero-order valence-corrected chi connectivity index (χ0v) is 14.0. The summed E-state index contributed by atoms with van der Waals surface area (Å²) in [7, 11) is -1.34. The topological polar surface area (TPSA) is 64.6 Å². The average Bonchev–Trinajstić information content (AvgIpc) is 2.11. The maximum atomic E-state index is 11.9. The van der Waals surface area contributed by atoms with Crippen molar-refractivity contribution in [2.75, 3.05) is 0 Å². The number of hydrogen-bond donors (Lipinski definition) is 1. The van der Waals surface area contributed by atoms with Crippen LogP contribution >= 0.6 is 0 Å². The Morgan fingerprint density at radius 3 is 2.11 bits per heavy atom. The molecule has 19 heavy (non-hydrogen) atoms. The van der Waals surface area contributed by atoms with Crippen LogP contribution in [0.15, 0.2) is 0 Å². The van der Waals surface area contributed by atoms with E-state index in [-0.39, 0.29) is 11.3 Å². The summed E-state index contributed by atoms with van der Waals surface area (Å²) >= 11 is 0. The minimum Gasteiger partial charge on any atom is -0.441 e. The Morgan fingerprint density at radius 1 is 1.26 bits per heavy atom. The van der Waals surface area contributed by atoms with Gasteiger partial charge < -0.3 is 14.5 Å². The van der Waals surface area contributed by atoms with E-state index in [0.29, 0.717) is 0 Å². The fraction of sp³-hybridized carbons (Fsp3) is 0.846. The molecule has 6 heteroatoms. The van der Waals surface area contributed by atoms with E-state index in [1.165, 1.54) is 6.92 Å². The van der Waals surface area contributed by atoms with Gasteiger partial charge in [-0.3, -0.25) is 9.59 Å². The summed E-state index contributed by atoms with van der Waals surface area (Å²) in [4.78, 5) is 23.0. The lowest BCUT2D eigenvalue weighted by Gasteiger charge is -2.53. The van der Waals surface area contributed by atoms with Crippen LogP contribution in [0.2, 0.25) is 13.1 Å². The number of hydrogen-bond acceptors (Lipinski definition) is 4. The van der Waals surface area contributed by atoms with Crippen molar-refractivity contribution in [2.45, 2.75) is 59.5 Å². The highest BCUT2D eigenvalue weighted by atomic mass is 28.3. The summed E-state index contributed by atoms with van der Waals surface area (Å²) in [6.45, 7) is 13.6. The molecule has 1 amide bonds. The minimum absolute atomic E-state index is 0.113. The molecule has 0 aromatic heterocycles. The number of carbonyl (C=O) groups excluding carboxylic acids is 2. The van der Waals surface area contributed by atoms with Crippen LogP contribution in [-0.2, 0) is 18.8 Å². The molecule has 0 spiro atoms. The molecule has 110 valence electrons. The van der Waals surface area contributed by atoms with Crippen molar-refractivity contribution in [3.8, 4) is 0 Å². The van der Waals surface area contributed by atoms with E-state index in [2.05, 4.69) is 18.4 Å². The Morgan fingerprint density at radius 2 is 1.79 bits per heavy atom. The molecule has 1 aliphatic heterocycles. The van der Waals surface area contributed by atoms with E-state index in [0.717, 1.165) is 0 Å². The first-order chi connectivity index (χ1) is 8.49. The highest BCUT2D eigenvalue weighted by molar-refractivity contribution is 6.48. The van der Waals surface area contributed by atoms with Crippen LogP contribution in [0.25, 0.3) is 0 Å². The van der Waals surface area contributed by atoms with E-state index >= 15 is 0 Å². The molecule has 0 aliphatic carbocycles. The summed E-state index contributed by atoms with van der Waals surface area (Å²) in [5, 5.41) is 2.63. The molecule has 1 N–H and O–H groups in total. The fourth-order valence-corrected chi connectivity index (χ4v) is 3.86. The van der Waals surface area contributed by atoms with Gasteiger partial charge in [0, 0.05) is 6.92 Å². The first-order valence-electron chi connectivity index (χ1n) is 6.64. The summed E-state index contributed by atoms with van der Waals surface area (Å²) in [5.41, 5.74) is -0.874. The molecule has 0 aromatic carbocycles. The van der Waals surface area contributed by atoms with Crippen LogP contribution in [0.3, 0.4) is 0 Å². The third kappa shape index (κ3) is 3.17. The Labute approximate surface area is 116 Å². The largest absolute Gasteiger partial charge is 0.441 e. The van der Waals surface area contributed by atoms with Gasteiger partial charge in [-0.05, 0) is 25.4 Å². The van der Waals surface area contributed by atoms with Gasteiger partial charge >= 0.3 is 5.97 Å². The smallest absolute Gasteiger partial charge is 0.304 e. The third-order valence-corrected chi connectivity index (χ3v) is 4.69. The third-order valence-electron chi connectivity index (χ3n) is 3.73. The Hall–Kier alpha value is -0.883. The van der Waals surface area contributed by atoms with Gasteiger partial charge in [0.05, 0.1) is 5.60 Å². The SMILES string of the molecule is CC(=O)OC1NC(=O)C1C(C)(O[SiH](C)C)C(C)(C)C. The molecule has 0 bridgehead atoms. The van der Waals surface area contributed by atoms with Gasteiger partial charge in [0.1, 0.15) is 5.92 Å². The Bertz CT molecular complexity index is 377. The number of carbonyl (C=O) groups is 2. The normalized spacial score (nSPS) is 26.4. The quantitative estimate of drug-likeness (QED) is 0.482. The predicted molar refractivity (Wildman–Crippen MR) is 75.0 cm³/mol. The van der Waals surface area contributed by atoms with Crippen molar-refractivity contribution in [2.24, 2.45) is 11.3 Å². The van der Waals surface area contributed by atoms with Crippen LogP contribution in [0.5, 0.6) is 0 Å². The van der Waals surface area contributed by atoms with Gasteiger partial charge in [-0.15, -0.1) is 0 Å². The van der Waals surface area contributed by atoms with Gasteiger partial charge in [-0.25, -0.2) is 0 Å². The number of rotatable bonds is 4. The number of β-lactam (4-membered cyclic amide) rings is 1. The maximum Gasteiger partial charge on any atom is 0.304 e. The van der Waals surface area contributed by atoms with E-state index in [1.54, 1.807) is 0 Å². The fourth-order valence-electron chi connectivity index (χ4n) is 2.38. The molecule has 3 atom stereocenters. The van der Waals surface area contributed by atoms with Crippen LogP contribution in [0.1, 0.15) is 34.6 Å².